The number of alkyl halides is 3. The lowest BCUT2D eigenvalue weighted by Crippen LogP contribution is -2.48. The number of hydrogen-bond acceptors (Lipinski definition) is 4. The monoisotopic (exact) mass is 485 g/mol. The van der Waals surface area contributed by atoms with Gasteiger partial charge in [-0.15, -0.1) is 0 Å². The molecule has 0 aliphatic heterocycles. The van der Waals surface area contributed by atoms with Crippen LogP contribution in [0, 0.1) is 0 Å². The van der Waals surface area contributed by atoms with Crippen molar-refractivity contribution in [2.24, 2.45) is 5.73 Å². The highest BCUT2D eigenvalue weighted by Gasteiger charge is 2.30. The molecule has 0 spiro atoms. The second-order valence-corrected chi connectivity index (χ2v) is 8.11. The first-order valence-corrected chi connectivity index (χ1v) is 10.9. The minimum atomic E-state index is -4.44. The summed E-state index contributed by atoms with van der Waals surface area (Å²) in [6.45, 7) is 0.128. The highest BCUT2D eigenvalue weighted by atomic mass is 19.4. The third kappa shape index (κ3) is 7.66. The van der Waals surface area contributed by atoms with E-state index in [0.717, 1.165) is 17.7 Å². The number of hydrogen-bond donors (Lipinski definition) is 4. The Morgan fingerprint density at radius 3 is 2.23 bits per heavy atom. The van der Waals surface area contributed by atoms with Crippen molar-refractivity contribution in [1.82, 2.24) is 10.6 Å². The molecule has 0 fully saturated rings. The summed E-state index contributed by atoms with van der Waals surface area (Å²) in [4.78, 5) is 24.3. The third-order valence-corrected chi connectivity index (χ3v) is 5.43. The maximum atomic E-state index is 12.9. The van der Waals surface area contributed by atoms with Crippen LogP contribution in [-0.4, -0.2) is 35.6 Å². The Morgan fingerprint density at radius 1 is 0.886 bits per heavy atom. The summed E-state index contributed by atoms with van der Waals surface area (Å²) in [6, 6.07) is 19.4. The maximum absolute atomic E-state index is 12.9. The number of aliphatic hydroxyl groups excluding tert-OH is 1. The Labute approximate surface area is 201 Å². The molecule has 6 nitrogen and oxygen atoms in total. The minimum absolute atomic E-state index is 0.0232. The number of rotatable bonds is 10. The van der Waals surface area contributed by atoms with Gasteiger partial charge in [0.15, 0.2) is 0 Å². The van der Waals surface area contributed by atoms with Crippen molar-refractivity contribution in [2.45, 2.75) is 31.3 Å². The maximum Gasteiger partial charge on any atom is 0.416 e. The Hall–Kier alpha value is -3.69. The molecule has 3 aromatic rings. The summed E-state index contributed by atoms with van der Waals surface area (Å²) in [5.41, 5.74) is 6.23. The molecule has 0 unspecified atom stereocenters. The van der Waals surface area contributed by atoms with Gasteiger partial charge in [0.05, 0.1) is 17.7 Å². The normalized spacial score (nSPS) is 13.1. The number of primary amides is 1. The lowest BCUT2D eigenvalue weighted by atomic mass is 10.00. The van der Waals surface area contributed by atoms with E-state index in [4.69, 9.17) is 5.73 Å². The van der Waals surface area contributed by atoms with Crippen LogP contribution in [0.3, 0.4) is 0 Å². The minimum Gasteiger partial charge on any atom is -0.390 e. The summed E-state index contributed by atoms with van der Waals surface area (Å²) in [7, 11) is 0. The molecule has 9 heteroatoms. The predicted octanol–water partition coefficient (Wildman–Crippen LogP) is 3.30. The van der Waals surface area contributed by atoms with Gasteiger partial charge in [-0.3, -0.25) is 9.59 Å². The number of amides is 2. The molecule has 0 heterocycles. The van der Waals surface area contributed by atoms with Crippen molar-refractivity contribution < 1.29 is 27.9 Å². The van der Waals surface area contributed by atoms with Crippen molar-refractivity contribution in [1.29, 1.82) is 0 Å². The number of halogens is 3. The molecule has 3 aromatic carbocycles. The van der Waals surface area contributed by atoms with E-state index in [1.54, 1.807) is 6.07 Å². The average Bonchev–Trinajstić information content (AvgIpc) is 2.84. The molecule has 0 saturated carbocycles. The first-order chi connectivity index (χ1) is 16.6. The molecule has 0 bridgehead atoms. The van der Waals surface area contributed by atoms with Gasteiger partial charge in [-0.05, 0) is 41.8 Å². The van der Waals surface area contributed by atoms with Crippen molar-refractivity contribution >= 4 is 11.8 Å². The predicted molar refractivity (Wildman–Crippen MR) is 126 cm³/mol. The molecule has 2 atom stereocenters. The lowest BCUT2D eigenvalue weighted by Gasteiger charge is -2.25. The van der Waals surface area contributed by atoms with Crippen LogP contribution < -0.4 is 16.4 Å². The second-order valence-electron chi connectivity index (χ2n) is 8.11. The van der Waals surface area contributed by atoms with Gasteiger partial charge in [0.2, 0.25) is 5.91 Å². The van der Waals surface area contributed by atoms with Crippen molar-refractivity contribution in [3.63, 3.8) is 0 Å². The molecule has 0 radical (unpaired) electrons. The molecule has 0 aliphatic rings. The van der Waals surface area contributed by atoms with Gasteiger partial charge in [0.25, 0.3) is 5.91 Å². The zero-order valence-electron chi connectivity index (χ0n) is 18.8. The third-order valence-electron chi connectivity index (χ3n) is 5.43. The summed E-state index contributed by atoms with van der Waals surface area (Å²) in [5, 5.41) is 16.6. The second kappa shape index (κ2) is 11.6. The van der Waals surface area contributed by atoms with E-state index >= 15 is 0 Å². The smallest absolute Gasteiger partial charge is 0.390 e. The lowest BCUT2D eigenvalue weighted by molar-refractivity contribution is -0.137. The van der Waals surface area contributed by atoms with E-state index in [1.165, 1.54) is 30.3 Å². The van der Waals surface area contributed by atoms with E-state index < -0.39 is 35.7 Å². The topological polar surface area (TPSA) is 104 Å². The van der Waals surface area contributed by atoms with Gasteiger partial charge in [0, 0.05) is 24.2 Å². The van der Waals surface area contributed by atoms with Crippen LogP contribution in [0.25, 0.3) is 0 Å². The van der Waals surface area contributed by atoms with Crippen LogP contribution >= 0.6 is 0 Å². The Kier molecular flexibility index (Phi) is 8.62. The van der Waals surface area contributed by atoms with Crippen molar-refractivity contribution in [3.8, 4) is 0 Å². The van der Waals surface area contributed by atoms with Crippen LogP contribution in [0.5, 0.6) is 0 Å². The van der Waals surface area contributed by atoms with Crippen LogP contribution in [0.1, 0.15) is 37.4 Å². The fourth-order valence-electron chi connectivity index (χ4n) is 3.58. The number of nitrogens with one attached hydrogen (secondary N) is 2. The molecule has 5 N–H and O–H groups in total. The number of aliphatic hydroxyl groups is 1. The number of carbonyl (C=O) groups is 2. The van der Waals surface area contributed by atoms with Gasteiger partial charge in [-0.25, -0.2) is 0 Å². The van der Waals surface area contributed by atoms with Crippen LogP contribution in [0.4, 0.5) is 13.2 Å². The fraction of sp³-hybridized carbons (Fsp3) is 0.231. The molecule has 2 amide bonds. The molecule has 0 aromatic heterocycles. The van der Waals surface area contributed by atoms with E-state index in [1.807, 2.05) is 30.3 Å². The Balaban J connectivity index is 1.68. The average molecular weight is 486 g/mol. The van der Waals surface area contributed by atoms with Crippen LogP contribution in [0.15, 0.2) is 78.9 Å². The van der Waals surface area contributed by atoms with Crippen LogP contribution in [0.2, 0.25) is 0 Å². The fourth-order valence-corrected chi connectivity index (χ4v) is 3.58. The molecule has 0 saturated heterocycles. The molecule has 184 valence electrons. The summed E-state index contributed by atoms with van der Waals surface area (Å²) in [5.74, 6) is -1.16. The molecule has 3 rings (SSSR count). The van der Waals surface area contributed by atoms with Gasteiger partial charge in [-0.1, -0.05) is 54.6 Å². The zero-order valence-corrected chi connectivity index (χ0v) is 18.8. The first-order valence-electron chi connectivity index (χ1n) is 10.9. The number of benzene rings is 3. The quantitative estimate of drug-likeness (QED) is 0.354. The van der Waals surface area contributed by atoms with E-state index in [0.29, 0.717) is 12.0 Å². The van der Waals surface area contributed by atoms with Gasteiger partial charge in [0.1, 0.15) is 0 Å². The standard InChI is InChI=1S/C26H26F3N3O3/c27-26(28,29)21-11-4-8-18(12-21)15-31-16-23(33)22(13-17-6-2-1-3-7-17)32-25(35)20-10-5-9-19(14-20)24(30)34/h1-12,14,22-23,31,33H,13,15-16H2,(H2,30,34)(H,32,35)/t22-,23+/m0/s1. The largest absolute Gasteiger partial charge is 0.416 e. The van der Waals surface area contributed by atoms with E-state index in [2.05, 4.69) is 10.6 Å². The zero-order chi connectivity index (χ0) is 25.4. The van der Waals surface area contributed by atoms with Crippen LogP contribution in [-0.2, 0) is 19.1 Å². The highest BCUT2D eigenvalue weighted by Crippen LogP contribution is 2.29. The number of nitrogens with two attached hydrogens (primary N) is 1. The molecule has 35 heavy (non-hydrogen) atoms. The SMILES string of the molecule is NC(=O)c1cccc(C(=O)N[C@@H](Cc2ccccc2)[C@H](O)CNCc2cccc(C(F)(F)F)c2)c1. The number of carbonyl (C=O) groups excluding carboxylic acids is 2. The summed E-state index contributed by atoms with van der Waals surface area (Å²) >= 11 is 0. The Morgan fingerprint density at radius 2 is 1.54 bits per heavy atom. The van der Waals surface area contributed by atoms with Gasteiger partial charge >= 0.3 is 6.18 Å². The molecule has 0 aliphatic carbocycles. The van der Waals surface area contributed by atoms with Crippen molar-refractivity contribution in [2.75, 3.05) is 6.54 Å². The molecular formula is C26H26F3N3O3. The first kappa shape index (κ1) is 25.9. The molecular weight excluding hydrogens is 459 g/mol. The summed E-state index contributed by atoms with van der Waals surface area (Å²) in [6.07, 6.45) is -5.18. The van der Waals surface area contributed by atoms with E-state index in [9.17, 15) is 27.9 Å². The summed E-state index contributed by atoms with van der Waals surface area (Å²) < 4.78 is 38.8. The van der Waals surface area contributed by atoms with Crippen molar-refractivity contribution in [3.05, 3.63) is 107 Å². The Bertz CT molecular complexity index is 1150. The van der Waals surface area contributed by atoms with Gasteiger partial charge in [-0.2, -0.15) is 13.2 Å². The van der Waals surface area contributed by atoms with E-state index in [-0.39, 0.29) is 24.2 Å². The highest BCUT2D eigenvalue weighted by molar-refractivity contribution is 5.99. The van der Waals surface area contributed by atoms with Gasteiger partial charge < -0.3 is 21.5 Å².